The normalized spacial score (nSPS) is 10.3. The van der Waals surface area contributed by atoms with Gasteiger partial charge in [-0.2, -0.15) is 0 Å². The Kier molecular flexibility index (Phi) is 4.35. The number of nitrogens with two attached hydrogens (primary N) is 1. The second-order valence-electron chi connectivity index (χ2n) is 4.77. The molecule has 2 aromatic rings. The van der Waals surface area contributed by atoms with Gasteiger partial charge in [-0.15, -0.1) is 0 Å². The lowest BCUT2D eigenvalue weighted by molar-refractivity contribution is -0.116. The summed E-state index contributed by atoms with van der Waals surface area (Å²) in [5, 5.41) is 2.66. The van der Waals surface area contributed by atoms with Crippen molar-refractivity contribution in [1.29, 1.82) is 0 Å². The van der Waals surface area contributed by atoms with Gasteiger partial charge in [-0.1, -0.05) is 29.8 Å². The smallest absolute Gasteiger partial charge is 0.224 e. The average molecular weight is 272 g/mol. The van der Waals surface area contributed by atoms with Crippen LogP contribution in [0.2, 0.25) is 0 Å². The first-order chi connectivity index (χ1) is 9.54. The van der Waals surface area contributed by atoms with Crippen LogP contribution in [0.5, 0.6) is 0 Å². The van der Waals surface area contributed by atoms with E-state index in [9.17, 15) is 9.18 Å². The Balaban J connectivity index is 1.91. The number of anilines is 2. The highest BCUT2D eigenvalue weighted by atomic mass is 19.1. The molecule has 2 aromatic carbocycles. The van der Waals surface area contributed by atoms with Crippen LogP contribution >= 0.6 is 0 Å². The monoisotopic (exact) mass is 272 g/mol. The van der Waals surface area contributed by atoms with E-state index >= 15 is 0 Å². The quantitative estimate of drug-likeness (QED) is 0.839. The maximum Gasteiger partial charge on any atom is 0.224 e. The zero-order chi connectivity index (χ0) is 14.5. The molecule has 0 saturated heterocycles. The molecular weight excluding hydrogens is 255 g/mol. The van der Waals surface area contributed by atoms with Crippen LogP contribution in [0.3, 0.4) is 0 Å². The first kappa shape index (κ1) is 14.1. The van der Waals surface area contributed by atoms with E-state index in [1.54, 1.807) is 6.07 Å². The van der Waals surface area contributed by atoms with E-state index in [2.05, 4.69) is 11.4 Å². The Hall–Kier alpha value is -2.36. The van der Waals surface area contributed by atoms with Crippen LogP contribution in [0.1, 0.15) is 17.5 Å². The predicted octanol–water partition coefficient (Wildman–Crippen LogP) is 3.29. The molecule has 0 bridgehead atoms. The Morgan fingerprint density at radius 1 is 1.25 bits per heavy atom. The van der Waals surface area contributed by atoms with E-state index in [-0.39, 0.29) is 11.6 Å². The van der Waals surface area contributed by atoms with Gasteiger partial charge in [0.1, 0.15) is 5.82 Å². The van der Waals surface area contributed by atoms with Gasteiger partial charge in [-0.3, -0.25) is 4.79 Å². The molecule has 0 heterocycles. The highest BCUT2D eigenvalue weighted by molar-refractivity contribution is 5.91. The van der Waals surface area contributed by atoms with Gasteiger partial charge in [0.05, 0.1) is 5.69 Å². The van der Waals surface area contributed by atoms with E-state index in [1.807, 2.05) is 25.1 Å². The number of nitrogens with one attached hydrogen (secondary N) is 1. The molecule has 0 fully saturated rings. The number of rotatable bonds is 4. The third-order valence-corrected chi connectivity index (χ3v) is 3.01. The van der Waals surface area contributed by atoms with Crippen molar-refractivity contribution in [3.05, 3.63) is 59.4 Å². The van der Waals surface area contributed by atoms with E-state index in [1.165, 1.54) is 17.7 Å². The summed E-state index contributed by atoms with van der Waals surface area (Å²) in [7, 11) is 0. The van der Waals surface area contributed by atoms with Gasteiger partial charge in [-0.05, 0) is 37.1 Å². The molecule has 1 amide bonds. The number of aryl methyl sites for hydroxylation is 2. The van der Waals surface area contributed by atoms with E-state index < -0.39 is 5.82 Å². The second kappa shape index (κ2) is 6.19. The fourth-order valence-electron chi connectivity index (χ4n) is 1.95. The van der Waals surface area contributed by atoms with Gasteiger partial charge < -0.3 is 11.1 Å². The Labute approximate surface area is 117 Å². The molecule has 0 atom stereocenters. The number of hydrogen-bond acceptors (Lipinski definition) is 2. The highest BCUT2D eigenvalue weighted by Crippen LogP contribution is 2.16. The van der Waals surface area contributed by atoms with Crippen molar-refractivity contribution in [2.45, 2.75) is 19.8 Å². The number of carbonyl (C=O) groups excluding carboxylic acids is 1. The number of halogens is 1. The third-order valence-electron chi connectivity index (χ3n) is 3.01. The molecule has 3 N–H and O–H groups in total. The summed E-state index contributed by atoms with van der Waals surface area (Å²) >= 11 is 0. The molecule has 2 rings (SSSR count). The molecule has 20 heavy (non-hydrogen) atoms. The van der Waals surface area contributed by atoms with Crippen LogP contribution in [-0.2, 0) is 11.2 Å². The van der Waals surface area contributed by atoms with Crippen LogP contribution in [0, 0.1) is 12.7 Å². The van der Waals surface area contributed by atoms with Crippen molar-refractivity contribution in [3.8, 4) is 0 Å². The van der Waals surface area contributed by atoms with Crippen LogP contribution in [0.25, 0.3) is 0 Å². The molecule has 0 aromatic heterocycles. The molecule has 4 heteroatoms. The van der Waals surface area contributed by atoms with E-state index in [0.717, 1.165) is 5.56 Å². The Morgan fingerprint density at radius 2 is 2.05 bits per heavy atom. The van der Waals surface area contributed by atoms with Crippen LogP contribution in [-0.4, -0.2) is 5.91 Å². The SMILES string of the molecule is Cc1cccc(CCC(=O)Nc2ccc(N)c(F)c2)c1. The molecule has 104 valence electrons. The zero-order valence-corrected chi connectivity index (χ0v) is 11.3. The van der Waals surface area contributed by atoms with Crippen molar-refractivity contribution >= 4 is 17.3 Å². The summed E-state index contributed by atoms with van der Waals surface area (Å²) in [6.45, 7) is 2.01. The molecule has 0 spiro atoms. The highest BCUT2D eigenvalue weighted by Gasteiger charge is 2.05. The van der Waals surface area contributed by atoms with Gasteiger partial charge in [0.2, 0.25) is 5.91 Å². The van der Waals surface area contributed by atoms with E-state index in [4.69, 9.17) is 5.73 Å². The maximum atomic E-state index is 13.2. The average Bonchev–Trinajstić information content (AvgIpc) is 2.41. The van der Waals surface area contributed by atoms with Gasteiger partial charge in [0.15, 0.2) is 0 Å². The van der Waals surface area contributed by atoms with Crippen molar-refractivity contribution in [2.75, 3.05) is 11.1 Å². The summed E-state index contributed by atoms with van der Waals surface area (Å²) in [6, 6.07) is 12.3. The van der Waals surface area contributed by atoms with Crippen molar-refractivity contribution < 1.29 is 9.18 Å². The molecule has 0 radical (unpaired) electrons. The fourth-order valence-corrected chi connectivity index (χ4v) is 1.95. The predicted molar refractivity (Wildman–Crippen MR) is 78.9 cm³/mol. The minimum Gasteiger partial charge on any atom is -0.396 e. The lowest BCUT2D eigenvalue weighted by atomic mass is 10.1. The van der Waals surface area contributed by atoms with Gasteiger partial charge in [-0.25, -0.2) is 4.39 Å². The first-order valence-electron chi connectivity index (χ1n) is 6.45. The van der Waals surface area contributed by atoms with Gasteiger partial charge in [0.25, 0.3) is 0 Å². The minimum atomic E-state index is -0.526. The standard InChI is InChI=1S/C16H17FN2O/c1-11-3-2-4-12(9-11)5-8-16(20)19-13-6-7-15(18)14(17)10-13/h2-4,6-7,9-10H,5,8,18H2,1H3,(H,19,20). The van der Waals surface area contributed by atoms with Crippen molar-refractivity contribution in [3.63, 3.8) is 0 Å². The van der Waals surface area contributed by atoms with E-state index in [0.29, 0.717) is 18.5 Å². The fraction of sp³-hybridized carbons (Fsp3) is 0.188. The number of hydrogen-bond donors (Lipinski definition) is 2. The first-order valence-corrected chi connectivity index (χ1v) is 6.45. The molecule has 0 unspecified atom stereocenters. The molecule has 3 nitrogen and oxygen atoms in total. The summed E-state index contributed by atoms with van der Waals surface area (Å²) < 4.78 is 13.2. The number of nitrogen functional groups attached to an aromatic ring is 1. The largest absolute Gasteiger partial charge is 0.396 e. The summed E-state index contributed by atoms with van der Waals surface area (Å²) in [6.07, 6.45) is 1.01. The minimum absolute atomic E-state index is 0.0720. The molecular formula is C16H17FN2O. The molecule has 0 aliphatic carbocycles. The molecule has 0 aliphatic heterocycles. The van der Waals surface area contributed by atoms with Gasteiger partial charge >= 0.3 is 0 Å². The molecule has 0 aliphatic rings. The van der Waals surface area contributed by atoms with Crippen LogP contribution < -0.4 is 11.1 Å². The van der Waals surface area contributed by atoms with Crippen LogP contribution in [0.15, 0.2) is 42.5 Å². The number of carbonyl (C=O) groups is 1. The number of benzene rings is 2. The Morgan fingerprint density at radius 3 is 2.75 bits per heavy atom. The summed E-state index contributed by atoms with van der Waals surface area (Å²) in [5.41, 5.74) is 8.16. The number of amides is 1. The van der Waals surface area contributed by atoms with Crippen molar-refractivity contribution in [2.24, 2.45) is 0 Å². The second-order valence-corrected chi connectivity index (χ2v) is 4.77. The maximum absolute atomic E-state index is 13.2. The lowest BCUT2D eigenvalue weighted by Crippen LogP contribution is -2.12. The zero-order valence-electron chi connectivity index (χ0n) is 11.3. The van der Waals surface area contributed by atoms with Crippen LogP contribution in [0.4, 0.5) is 15.8 Å². The topological polar surface area (TPSA) is 55.1 Å². The third kappa shape index (κ3) is 3.82. The summed E-state index contributed by atoms with van der Waals surface area (Å²) in [5.74, 6) is -0.669. The lowest BCUT2D eigenvalue weighted by Gasteiger charge is -2.07. The van der Waals surface area contributed by atoms with Crippen molar-refractivity contribution in [1.82, 2.24) is 0 Å². The van der Waals surface area contributed by atoms with Gasteiger partial charge in [0, 0.05) is 12.1 Å². The summed E-state index contributed by atoms with van der Waals surface area (Å²) in [4.78, 5) is 11.8. The molecule has 0 saturated carbocycles. The Bertz CT molecular complexity index is 626.